The van der Waals surface area contributed by atoms with Crippen LogP contribution in [0.3, 0.4) is 0 Å². The molecule has 0 saturated carbocycles. The molecule has 0 atom stereocenters. The van der Waals surface area contributed by atoms with Crippen molar-refractivity contribution in [2.75, 3.05) is 19.8 Å². The Morgan fingerprint density at radius 2 is 1.00 bits per heavy atom. The SMILES string of the molecule is CCO[Si](OCC)(OCC)c1ccc(-c2c(F)c(F)c(F)c(F)c2F)cc1. The molecule has 0 aliphatic rings. The molecule has 0 radical (unpaired) electrons. The highest BCUT2D eigenvalue weighted by atomic mass is 28.4. The molecular formula is C18H19F5O3Si. The molecule has 27 heavy (non-hydrogen) atoms. The zero-order valence-corrected chi connectivity index (χ0v) is 16.0. The third kappa shape index (κ3) is 4.05. The minimum absolute atomic E-state index is 0.168. The van der Waals surface area contributed by atoms with Crippen LogP contribution < -0.4 is 5.19 Å². The average molecular weight is 406 g/mol. The van der Waals surface area contributed by atoms with E-state index >= 15 is 0 Å². The maximum Gasteiger partial charge on any atom is 0.537 e. The number of benzene rings is 2. The van der Waals surface area contributed by atoms with Gasteiger partial charge in [0.05, 0.1) is 5.56 Å². The Kier molecular flexibility index (Phi) is 7.10. The summed E-state index contributed by atoms with van der Waals surface area (Å²) >= 11 is 0. The van der Waals surface area contributed by atoms with Crippen molar-refractivity contribution < 1.29 is 35.2 Å². The lowest BCUT2D eigenvalue weighted by Crippen LogP contribution is -2.56. The molecule has 0 unspecified atom stereocenters. The lowest BCUT2D eigenvalue weighted by Gasteiger charge is -2.28. The first-order valence-corrected chi connectivity index (χ1v) is 10.1. The van der Waals surface area contributed by atoms with Crippen molar-refractivity contribution in [1.29, 1.82) is 0 Å². The first-order chi connectivity index (χ1) is 12.8. The Labute approximate surface area is 155 Å². The first-order valence-electron chi connectivity index (χ1n) is 8.37. The largest absolute Gasteiger partial charge is 0.537 e. The molecule has 0 aliphatic heterocycles. The molecule has 0 N–H and O–H groups in total. The molecule has 0 aliphatic carbocycles. The Hall–Kier alpha value is -1.81. The van der Waals surface area contributed by atoms with Crippen LogP contribution in [0.2, 0.25) is 0 Å². The van der Waals surface area contributed by atoms with E-state index in [1.807, 2.05) is 0 Å². The molecular weight excluding hydrogens is 387 g/mol. The highest BCUT2D eigenvalue weighted by Gasteiger charge is 2.43. The second kappa shape index (κ2) is 8.92. The van der Waals surface area contributed by atoms with Gasteiger partial charge >= 0.3 is 8.80 Å². The fourth-order valence-electron chi connectivity index (χ4n) is 2.64. The van der Waals surface area contributed by atoms with Crippen LogP contribution in [0.25, 0.3) is 11.1 Å². The molecule has 0 saturated heterocycles. The molecule has 148 valence electrons. The maximum atomic E-state index is 14.0. The van der Waals surface area contributed by atoms with Crippen LogP contribution in [0.15, 0.2) is 24.3 Å². The van der Waals surface area contributed by atoms with Crippen LogP contribution in [0.5, 0.6) is 0 Å². The number of rotatable bonds is 8. The minimum atomic E-state index is -3.25. The van der Waals surface area contributed by atoms with Gasteiger partial charge in [0.15, 0.2) is 23.3 Å². The van der Waals surface area contributed by atoms with Crippen molar-refractivity contribution in [3.8, 4) is 11.1 Å². The summed E-state index contributed by atoms with van der Waals surface area (Å²) in [6.45, 7) is 6.23. The minimum Gasteiger partial charge on any atom is -0.370 e. The normalized spacial score (nSPS) is 11.9. The monoisotopic (exact) mass is 406 g/mol. The fourth-order valence-corrected chi connectivity index (χ4v) is 5.11. The van der Waals surface area contributed by atoms with E-state index in [-0.39, 0.29) is 5.56 Å². The lowest BCUT2D eigenvalue weighted by atomic mass is 10.0. The topological polar surface area (TPSA) is 27.7 Å². The Morgan fingerprint density at radius 3 is 1.37 bits per heavy atom. The van der Waals surface area contributed by atoms with Gasteiger partial charge < -0.3 is 13.3 Å². The summed E-state index contributed by atoms with van der Waals surface area (Å²) < 4.78 is 85.3. The van der Waals surface area contributed by atoms with Crippen LogP contribution in [0.4, 0.5) is 22.0 Å². The summed E-state index contributed by atoms with van der Waals surface area (Å²) in [5, 5.41) is 0.515. The quantitative estimate of drug-likeness (QED) is 0.283. The molecule has 2 aromatic carbocycles. The van der Waals surface area contributed by atoms with Crippen molar-refractivity contribution in [3.63, 3.8) is 0 Å². The van der Waals surface area contributed by atoms with E-state index in [1.54, 1.807) is 20.8 Å². The second-order valence-corrected chi connectivity index (χ2v) is 7.93. The fraction of sp³-hybridized carbons (Fsp3) is 0.333. The van der Waals surface area contributed by atoms with E-state index < -0.39 is 43.5 Å². The molecule has 2 rings (SSSR count). The van der Waals surface area contributed by atoms with Crippen molar-refractivity contribution in [2.45, 2.75) is 20.8 Å². The van der Waals surface area contributed by atoms with Crippen molar-refractivity contribution in [1.82, 2.24) is 0 Å². The van der Waals surface area contributed by atoms with Gasteiger partial charge in [0.2, 0.25) is 5.82 Å². The van der Waals surface area contributed by atoms with Crippen LogP contribution in [0, 0.1) is 29.1 Å². The molecule has 0 heterocycles. The molecule has 0 fully saturated rings. The summed E-state index contributed by atoms with van der Waals surface area (Å²) in [5.41, 5.74) is -1.16. The summed E-state index contributed by atoms with van der Waals surface area (Å²) in [5.74, 6) is -9.95. The third-order valence-corrected chi connectivity index (χ3v) is 6.79. The van der Waals surface area contributed by atoms with Crippen LogP contribution in [-0.4, -0.2) is 28.6 Å². The first kappa shape index (κ1) is 21.5. The van der Waals surface area contributed by atoms with Crippen molar-refractivity contribution >= 4 is 14.0 Å². The molecule has 0 spiro atoms. The van der Waals surface area contributed by atoms with Crippen LogP contribution in [0.1, 0.15) is 20.8 Å². The van der Waals surface area contributed by atoms with Gasteiger partial charge in [-0.3, -0.25) is 0 Å². The van der Waals surface area contributed by atoms with Crippen LogP contribution >= 0.6 is 0 Å². The smallest absolute Gasteiger partial charge is 0.370 e. The van der Waals surface area contributed by atoms with Crippen LogP contribution in [-0.2, 0) is 13.3 Å². The van der Waals surface area contributed by atoms with Gasteiger partial charge in [-0.25, -0.2) is 22.0 Å². The van der Waals surface area contributed by atoms with Crippen molar-refractivity contribution in [2.24, 2.45) is 0 Å². The number of hydrogen-bond donors (Lipinski definition) is 0. The molecule has 0 aromatic heterocycles. The van der Waals surface area contributed by atoms with Gasteiger partial charge in [0.25, 0.3) is 0 Å². The van der Waals surface area contributed by atoms with Gasteiger partial charge in [-0.05, 0) is 26.3 Å². The maximum absolute atomic E-state index is 14.0. The predicted octanol–water partition coefficient (Wildman–Crippen LogP) is 4.30. The highest BCUT2D eigenvalue weighted by molar-refractivity contribution is 6.75. The lowest BCUT2D eigenvalue weighted by molar-refractivity contribution is 0.0859. The van der Waals surface area contributed by atoms with Gasteiger partial charge in [-0.1, -0.05) is 24.3 Å². The Bertz CT molecular complexity index is 753. The molecule has 0 amide bonds. The number of halogens is 5. The molecule has 2 aromatic rings. The molecule has 0 bridgehead atoms. The van der Waals surface area contributed by atoms with Gasteiger partial charge in [0.1, 0.15) is 0 Å². The predicted molar refractivity (Wildman–Crippen MR) is 91.9 cm³/mol. The van der Waals surface area contributed by atoms with E-state index in [2.05, 4.69) is 0 Å². The zero-order chi connectivity index (χ0) is 20.2. The summed E-state index contributed by atoms with van der Waals surface area (Å²) in [6, 6.07) is 5.38. The van der Waals surface area contributed by atoms with E-state index in [0.717, 1.165) is 0 Å². The zero-order valence-electron chi connectivity index (χ0n) is 15.0. The Balaban J connectivity index is 2.54. The van der Waals surface area contributed by atoms with Crippen molar-refractivity contribution in [3.05, 3.63) is 53.4 Å². The summed E-state index contributed by atoms with van der Waals surface area (Å²) in [4.78, 5) is 0. The van der Waals surface area contributed by atoms with E-state index in [4.69, 9.17) is 13.3 Å². The van der Waals surface area contributed by atoms with Gasteiger partial charge in [-0.2, -0.15) is 0 Å². The second-order valence-electron chi connectivity index (χ2n) is 5.38. The highest BCUT2D eigenvalue weighted by Crippen LogP contribution is 2.31. The molecule has 3 nitrogen and oxygen atoms in total. The van der Waals surface area contributed by atoms with E-state index in [0.29, 0.717) is 25.0 Å². The van der Waals surface area contributed by atoms with Gasteiger partial charge in [0, 0.05) is 25.0 Å². The standard InChI is InChI=1S/C18H19F5O3Si/c1-4-24-27(25-5-2,26-6-3)12-9-7-11(8-10-12)13-14(19)16(21)18(23)17(22)15(13)20/h7-10H,4-6H2,1-3H3. The number of hydrogen-bond acceptors (Lipinski definition) is 3. The third-order valence-electron chi connectivity index (χ3n) is 3.74. The average Bonchev–Trinajstić information content (AvgIpc) is 2.66. The van der Waals surface area contributed by atoms with E-state index in [1.165, 1.54) is 24.3 Å². The van der Waals surface area contributed by atoms with Gasteiger partial charge in [-0.15, -0.1) is 0 Å². The summed E-state index contributed by atoms with van der Waals surface area (Å²) in [6.07, 6.45) is 0. The van der Waals surface area contributed by atoms with E-state index in [9.17, 15) is 22.0 Å². The Morgan fingerprint density at radius 1 is 0.630 bits per heavy atom. The molecule has 9 heteroatoms. The summed E-state index contributed by atoms with van der Waals surface area (Å²) in [7, 11) is -3.25.